The van der Waals surface area contributed by atoms with Gasteiger partial charge >= 0.3 is 0 Å². The Hall–Kier alpha value is -2.28. The Morgan fingerprint density at radius 1 is 1.27 bits per heavy atom. The molecule has 0 fully saturated rings. The molecule has 1 N–H and O–H groups in total. The number of methoxy groups -OCH3 is 2. The van der Waals surface area contributed by atoms with Gasteiger partial charge in [0.05, 0.1) is 32.7 Å². The van der Waals surface area contributed by atoms with Gasteiger partial charge in [-0.25, -0.2) is 4.98 Å². The minimum atomic E-state index is 0.533. The van der Waals surface area contributed by atoms with Crippen LogP contribution in [0.15, 0.2) is 22.6 Å². The second-order valence-corrected chi connectivity index (χ2v) is 5.21. The van der Waals surface area contributed by atoms with E-state index in [-0.39, 0.29) is 0 Å². The molecule has 0 unspecified atom stereocenters. The summed E-state index contributed by atoms with van der Waals surface area (Å²) in [6.45, 7) is 4.38. The van der Waals surface area contributed by atoms with Crippen LogP contribution < -0.4 is 19.6 Å². The molecule has 2 aromatic rings. The van der Waals surface area contributed by atoms with Crippen LogP contribution in [0.2, 0.25) is 0 Å². The molecule has 0 aliphatic carbocycles. The van der Waals surface area contributed by atoms with Gasteiger partial charge in [-0.3, -0.25) is 5.43 Å². The lowest BCUT2D eigenvalue weighted by atomic mass is 10.2. The van der Waals surface area contributed by atoms with Crippen molar-refractivity contribution in [2.45, 2.75) is 13.8 Å². The number of hydrogen-bond acceptors (Lipinski definition) is 7. The van der Waals surface area contributed by atoms with Crippen LogP contribution in [-0.2, 0) is 0 Å². The van der Waals surface area contributed by atoms with Crippen LogP contribution in [0, 0.1) is 6.92 Å². The fourth-order valence-corrected chi connectivity index (χ4v) is 2.47. The summed E-state index contributed by atoms with van der Waals surface area (Å²) >= 11 is 1.50. The predicted octanol–water partition coefficient (Wildman–Crippen LogP) is 3.31. The first kappa shape index (κ1) is 16.1. The first-order chi connectivity index (χ1) is 10.7. The Morgan fingerprint density at radius 2 is 1.95 bits per heavy atom. The number of nitrogens with zero attached hydrogens (tertiary/aromatic N) is 2. The van der Waals surface area contributed by atoms with Gasteiger partial charge in [0, 0.05) is 10.9 Å². The second kappa shape index (κ2) is 7.65. The third-order valence-corrected chi connectivity index (χ3v) is 3.63. The average Bonchev–Trinajstić information content (AvgIpc) is 2.93. The summed E-state index contributed by atoms with van der Waals surface area (Å²) in [5, 5.41) is 6.88. The fourth-order valence-electron chi connectivity index (χ4n) is 1.83. The molecule has 0 aliphatic heterocycles. The lowest BCUT2D eigenvalue weighted by Crippen LogP contribution is -2.00. The minimum Gasteiger partial charge on any atom is -0.493 e. The highest BCUT2D eigenvalue weighted by Crippen LogP contribution is 2.38. The van der Waals surface area contributed by atoms with Gasteiger partial charge < -0.3 is 14.2 Å². The molecule has 0 amide bonds. The van der Waals surface area contributed by atoms with E-state index in [9.17, 15) is 0 Å². The van der Waals surface area contributed by atoms with Crippen LogP contribution >= 0.6 is 11.3 Å². The van der Waals surface area contributed by atoms with Crippen LogP contribution in [0.1, 0.15) is 18.2 Å². The standard InChI is InChI=1S/C15H19N3O3S/c1-5-21-14-12(19-3)6-11(7-13(14)20-4)8-16-18-15-17-10(2)9-22-15/h6-9H,5H2,1-4H3,(H,17,18)/b16-8+. The zero-order valence-corrected chi connectivity index (χ0v) is 13.9. The van der Waals surface area contributed by atoms with E-state index in [0.29, 0.717) is 23.9 Å². The molecule has 1 aromatic heterocycles. The fraction of sp³-hybridized carbons (Fsp3) is 0.333. The largest absolute Gasteiger partial charge is 0.493 e. The number of rotatable bonds is 7. The lowest BCUT2D eigenvalue weighted by molar-refractivity contribution is 0.288. The zero-order valence-electron chi connectivity index (χ0n) is 13.0. The number of thiazole rings is 1. The molecule has 2 rings (SSSR count). The van der Waals surface area contributed by atoms with Crippen molar-refractivity contribution in [3.8, 4) is 17.2 Å². The summed E-state index contributed by atoms with van der Waals surface area (Å²) in [4.78, 5) is 4.27. The average molecular weight is 321 g/mol. The van der Waals surface area contributed by atoms with Gasteiger partial charge in [0.2, 0.25) is 10.9 Å². The molecule has 1 aromatic carbocycles. The monoisotopic (exact) mass is 321 g/mol. The second-order valence-electron chi connectivity index (χ2n) is 4.35. The van der Waals surface area contributed by atoms with Crippen molar-refractivity contribution < 1.29 is 14.2 Å². The summed E-state index contributed by atoms with van der Waals surface area (Å²) in [6, 6.07) is 3.68. The van der Waals surface area contributed by atoms with Crippen molar-refractivity contribution in [2.75, 3.05) is 26.3 Å². The Kier molecular flexibility index (Phi) is 5.60. The number of aryl methyl sites for hydroxylation is 1. The quantitative estimate of drug-likeness (QED) is 0.626. The highest BCUT2D eigenvalue weighted by atomic mass is 32.1. The van der Waals surface area contributed by atoms with Crippen molar-refractivity contribution in [3.63, 3.8) is 0 Å². The van der Waals surface area contributed by atoms with Gasteiger partial charge in [0.15, 0.2) is 11.5 Å². The summed E-state index contributed by atoms with van der Waals surface area (Å²) in [6.07, 6.45) is 1.68. The van der Waals surface area contributed by atoms with Gasteiger partial charge in [0.1, 0.15) is 0 Å². The van der Waals surface area contributed by atoms with Crippen molar-refractivity contribution >= 4 is 22.7 Å². The smallest absolute Gasteiger partial charge is 0.203 e. The van der Waals surface area contributed by atoms with E-state index in [2.05, 4.69) is 15.5 Å². The SMILES string of the molecule is CCOc1c(OC)cc(/C=N/Nc2nc(C)cs2)cc1OC. The Balaban J connectivity index is 2.19. The molecule has 22 heavy (non-hydrogen) atoms. The van der Waals surface area contributed by atoms with E-state index < -0.39 is 0 Å². The normalized spacial score (nSPS) is 10.7. The van der Waals surface area contributed by atoms with E-state index in [1.807, 2.05) is 31.4 Å². The first-order valence-corrected chi connectivity index (χ1v) is 7.66. The van der Waals surface area contributed by atoms with Crippen molar-refractivity contribution in [1.82, 2.24) is 4.98 Å². The van der Waals surface area contributed by atoms with Gasteiger partial charge in [-0.15, -0.1) is 11.3 Å². The number of aromatic nitrogens is 1. The molecular formula is C15H19N3O3S. The van der Waals surface area contributed by atoms with E-state index in [0.717, 1.165) is 16.4 Å². The molecule has 0 atom stereocenters. The summed E-state index contributed by atoms with van der Waals surface area (Å²) in [7, 11) is 3.18. The molecule has 6 nitrogen and oxygen atoms in total. The van der Waals surface area contributed by atoms with Crippen LogP contribution in [0.5, 0.6) is 17.2 Å². The predicted molar refractivity (Wildman–Crippen MR) is 88.8 cm³/mol. The molecule has 0 bridgehead atoms. The van der Waals surface area contributed by atoms with E-state index in [4.69, 9.17) is 14.2 Å². The number of ether oxygens (including phenoxy) is 3. The van der Waals surface area contributed by atoms with Gasteiger partial charge in [-0.2, -0.15) is 5.10 Å². The maximum absolute atomic E-state index is 5.56. The van der Waals surface area contributed by atoms with Crippen LogP contribution in [-0.4, -0.2) is 32.0 Å². The molecule has 1 heterocycles. The third kappa shape index (κ3) is 3.88. The number of hydrogen-bond donors (Lipinski definition) is 1. The van der Waals surface area contributed by atoms with Crippen LogP contribution in [0.25, 0.3) is 0 Å². The first-order valence-electron chi connectivity index (χ1n) is 6.78. The molecule has 7 heteroatoms. The number of anilines is 1. The third-order valence-electron chi connectivity index (χ3n) is 2.76. The van der Waals surface area contributed by atoms with Crippen molar-refractivity contribution in [1.29, 1.82) is 0 Å². The van der Waals surface area contributed by atoms with Crippen LogP contribution in [0.4, 0.5) is 5.13 Å². The molecule has 0 radical (unpaired) electrons. The number of benzene rings is 1. The van der Waals surface area contributed by atoms with Gasteiger partial charge in [-0.05, 0) is 26.0 Å². The molecular weight excluding hydrogens is 302 g/mol. The highest BCUT2D eigenvalue weighted by molar-refractivity contribution is 7.13. The lowest BCUT2D eigenvalue weighted by Gasteiger charge is -2.14. The Labute approximate surface area is 133 Å². The van der Waals surface area contributed by atoms with E-state index in [1.54, 1.807) is 20.4 Å². The minimum absolute atomic E-state index is 0.533. The summed E-state index contributed by atoms with van der Waals surface area (Å²) < 4.78 is 16.3. The molecule has 0 spiro atoms. The topological polar surface area (TPSA) is 65.0 Å². The van der Waals surface area contributed by atoms with Crippen LogP contribution in [0.3, 0.4) is 0 Å². The Morgan fingerprint density at radius 3 is 2.45 bits per heavy atom. The summed E-state index contributed by atoms with van der Waals surface area (Å²) in [5.41, 5.74) is 4.69. The van der Waals surface area contributed by atoms with Crippen molar-refractivity contribution in [2.24, 2.45) is 5.10 Å². The molecule has 0 aliphatic rings. The number of nitrogens with one attached hydrogen (secondary N) is 1. The maximum atomic E-state index is 5.56. The summed E-state index contributed by atoms with van der Waals surface area (Å²) in [5.74, 6) is 1.80. The Bertz CT molecular complexity index is 630. The number of hydrazone groups is 1. The van der Waals surface area contributed by atoms with Crippen molar-refractivity contribution in [3.05, 3.63) is 28.8 Å². The maximum Gasteiger partial charge on any atom is 0.203 e. The molecule has 118 valence electrons. The molecule has 0 saturated heterocycles. The highest BCUT2D eigenvalue weighted by Gasteiger charge is 2.13. The van der Waals surface area contributed by atoms with E-state index in [1.165, 1.54) is 11.3 Å². The van der Waals surface area contributed by atoms with Gasteiger partial charge in [-0.1, -0.05) is 0 Å². The van der Waals surface area contributed by atoms with E-state index >= 15 is 0 Å². The van der Waals surface area contributed by atoms with Gasteiger partial charge in [0.25, 0.3) is 0 Å². The zero-order chi connectivity index (χ0) is 15.9. The molecule has 0 saturated carbocycles.